The Morgan fingerprint density at radius 1 is 1.21 bits per heavy atom. The number of nitrogens with one attached hydrogen (secondary N) is 1. The van der Waals surface area contributed by atoms with Crippen molar-refractivity contribution in [2.24, 2.45) is 5.92 Å². The highest BCUT2D eigenvalue weighted by molar-refractivity contribution is 5.93. The first-order chi connectivity index (χ1) is 11.3. The number of hydrogen-bond acceptors (Lipinski definition) is 3. The van der Waals surface area contributed by atoms with Crippen molar-refractivity contribution < 1.29 is 27.5 Å². The summed E-state index contributed by atoms with van der Waals surface area (Å²) in [6.45, 7) is 1.45. The zero-order chi connectivity index (χ0) is 17.7. The third-order valence-corrected chi connectivity index (χ3v) is 4.24. The minimum absolute atomic E-state index is 0.0208. The fraction of sp³-hybridized carbons (Fsp3) is 0.529. The molecule has 0 saturated heterocycles. The van der Waals surface area contributed by atoms with Crippen molar-refractivity contribution in [2.75, 3.05) is 6.61 Å². The van der Waals surface area contributed by atoms with Gasteiger partial charge in [0.05, 0.1) is 11.1 Å². The summed E-state index contributed by atoms with van der Waals surface area (Å²) in [5.74, 6) is -1.31. The second-order valence-electron chi connectivity index (χ2n) is 6.06. The van der Waals surface area contributed by atoms with Crippen molar-refractivity contribution >= 4 is 11.9 Å². The lowest BCUT2D eigenvalue weighted by Gasteiger charge is -2.29. The molecule has 0 radical (unpaired) electrons. The van der Waals surface area contributed by atoms with Crippen LogP contribution in [0.2, 0.25) is 0 Å². The van der Waals surface area contributed by atoms with Gasteiger partial charge < -0.3 is 10.1 Å². The molecule has 24 heavy (non-hydrogen) atoms. The van der Waals surface area contributed by atoms with Crippen LogP contribution in [0, 0.1) is 5.92 Å². The monoisotopic (exact) mass is 343 g/mol. The Balaban J connectivity index is 1.92. The molecule has 0 spiro atoms. The zero-order valence-electron chi connectivity index (χ0n) is 13.4. The fourth-order valence-corrected chi connectivity index (χ4v) is 2.90. The molecule has 1 saturated carbocycles. The average Bonchev–Trinajstić information content (AvgIpc) is 2.54. The molecule has 1 amide bonds. The van der Waals surface area contributed by atoms with E-state index in [4.69, 9.17) is 4.74 Å². The van der Waals surface area contributed by atoms with Gasteiger partial charge in [-0.25, -0.2) is 4.79 Å². The molecule has 2 atom stereocenters. The first kappa shape index (κ1) is 18.3. The number of benzene rings is 1. The fourth-order valence-electron chi connectivity index (χ4n) is 2.90. The summed E-state index contributed by atoms with van der Waals surface area (Å²) in [6.07, 6.45) is -0.637. The summed E-state index contributed by atoms with van der Waals surface area (Å²) in [5, 5.41) is 2.78. The summed E-state index contributed by atoms with van der Waals surface area (Å²) in [4.78, 5) is 23.7. The van der Waals surface area contributed by atoms with Crippen molar-refractivity contribution in [1.82, 2.24) is 5.32 Å². The SMILES string of the molecule is C[C@H]1CCCC[C@@H]1NC(=O)COC(=O)c1ccccc1C(F)(F)F. The van der Waals surface area contributed by atoms with Gasteiger partial charge in [-0.05, 0) is 30.9 Å². The molecule has 2 rings (SSSR count). The molecule has 1 aromatic rings. The second-order valence-corrected chi connectivity index (χ2v) is 6.06. The maximum Gasteiger partial charge on any atom is 0.417 e. The van der Waals surface area contributed by atoms with E-state index in [9.17, 15) is 22.8 Å². The number of halogens is 3. The van der Waals surface area contributed by atoms with Crippen LogP contribution in [-0.4, -0.2) is 24.5 Å². The quantitative estimate of drug-likeness (QED) is 0.851. The van der Waals surface area contributed by atoms with Gasteiger partial charge in [0.2, 0.25) is 0 Å². The molecule has 4 nitrogen and oxygen atoms in total. The van der Waals surface area contributed by atoms with Gasteiger partial charge in [0, 0.05) is 6.04 Å². The Hall–Kier alpha value is -2.05. The van der Waals surface area contributed by atoms with Gasteiger partial charge in [0.15, 0.2) is 6.61 Å². The van der Waals surface area contributed by atoms with Gasteiger partial charge in [-0.15, -0.1) is 0 Å². The van der Waals surface area contributed by atoms with E-state index in [1.165, 1.54) is 12.1 Å². The Labute approximate surface area is 138 Å². The second kappa shape index (κ2) is 7.68. The van der Waals surface area contributed by atoms with E-state index in [2.05, 4.69) is 5.32 Å². The van der Waals surface area contributed by atoms with Crippen LogP contribution in [0.4, 0.5) is 13.2 Å². The van der Waals surface area contributed by atoms with E-state index >= 15 is 0 Å². The van der Waals surface area contributed by atoms with Crippen LogP contribution >= 0.6 is 0 Å². The van der Waals surface area contributed by atoms with E-state index in [1.54, 1.807) is 0 Å². The average molecular weight is 343 g/mol. The highest BCUT2D eigenvalue weighted by Crippen LogP contribution is 2.32. The van der Waals surface area contributed by atoms with Crippen LogP contribution in [0.25, 0.3) is 0 Å². The Morgan fingerprint density at radius 2 is 1.88 bits per heavy atom. The largest absolute Gasteiger partial charge is 0.452 e. The van der Waals surface area contributed by atoms with Crippen molar-refractivity contribution in [3.8, 4) is 0 Å². The van der Waals surface area contributed by atoms with Gasteiger partial charge in [0.25, 0.3) is 5.91 Å². The van der Waals surface area contributed by atoms with Gasteiger partial charge in [-0.2, -0.15) is 13.2 Å². The van der Waals surface area contributed by atoms with Gasteiger partial charge in [-0.3, -0.25) is 4.79 Å². The molecule has 0 aromatic heterocycles. The Morgan fingerprint density at radius 3 is 2.54 bits per heavy atom. The van der Waals surface area contributed by atoms with Crippen LogP contribution in [0.3, 0.4) is 0 Å². The summed E-state index contributed by atoms with van der Waals surface area (Å²) in [5.41, 5.74) is -1.67. The van der Waals surface area contributed by atoms with Gasteiger partial charge >= 0.3 is 12.1 Å². The lowest BCUT2D eigenvalue weighted by atomic mass is 9.86. The molecular formula is C17H20F3NO3. The first-order valence-corrected chi connectivity index (χ1v) is 7.91. The van der Waals surface area contributed by atoms with Crippen molar-refractivity contribution in [1.29, 1.82) is 0 Å². The lowest BCUT2D eigenvalue weighted by molar-refractivity contribution is -0.138. The summed E-state index contributed by atoms with van der Waals surface area (Å²) in [6, 6.07) is 4.37. The minimum atomic E-state index is -4.66. The molecule has 1 fully saturated rings. The predicted octanol–water partition coefficient (Wildman–Crippen LogP) is 3.56. The summed E-state index contributed by atoms with van der Waals surface area (Å²) < 4.78 is 43.4. The molecule has 0 aliphatic heterocycles. The van der Waals surface area contributed by atoms with Crippen LogP contribution < -0.4 is 5.32 Å². The normalized spacial score (nSPS) is 21.2. The molecular weight excluding hydrogens is 323 g/mol. The molecule has 1 aromatic carbocycles. The van der Waals surface area contributed by atoms with Crippen molar-refractivity contribution in [3.63, 3.8) is 0 Å². The van der Waals surface area contributed by atoms with Crippen LogP contribution in [0.5, 0.6) is 0 Å². The Kier molecular flexibility index (Phi) is 5.85. The third kappa shape index (κ3) is 4.72. The van der Waals surface area contributed by atoms with Gasteiger partial charge in [-0.1, -0.05) is 31.9 Å². The molecule has 1 aliphatic carbocycles. The lowest BCUT2D eigenvalue weighted by Crippen LogP contribution is -2.42. The first-order valence-electron chi connectivity index (χ1n) is 7.91. The summed E-state index contributed by atoms with van der Waals surface area (Å²) >= 11 is 0. The molecule has 132 valence electrons. The van der Waals surface area contributed by atoms with E-state index in [1.807, 2.05) is 6.92 Å². The smallest absolute Gasteiger partial charge is 0.417 e. The number of carbonyl (C=O) groups is 2. The Bertz CT molecular complexity index is 601. The number of hydrogen-bond donors (Lipinski definition) is 1. The third-order valence-electron chi connectivity index (χ3n) is 4.24. The molecule has 1 N–H and O–H groups in total. The number of esters is 1. The number of amides is 1. The topological polar surface area (TPSA) is 55.4 Å². The van der Waals surface area contributed by atoms with Crippen molar-refractivity contribution in [3.05, 3.63) is 35.4 Å². The number of ether oxygens (including phenoxy) is 1. The maximum atomic E-state index is 12.9. The van der Waals surface area contributed by atoms with Crippen LogP contribution in [0.1, 0.15) is 48.5 Å². The molecule has 7 heteroatoms. The minimum Gasteiger partial charge on any atom is -0.452 e. The molecule has 0 bridgehead atoms. The van der Waals surface area contributed by atoms with E-state index in [0.29, 0.717) is 5.92 Å². The summed E-state index contributed by atoms with van der Waals surface area (Å²) in [7, 11) is 0. The molecule has 1 aliphatic rings. The number of rotatable bonds is 4. The zero-order valence-corrected chi connectivity index (χ0v) is 13.4. The molecule has 0 heterocycles. The highest BCUT2D eigenvalue weighted by Gasteiger charge is 2.35. The number of carbonyl (C=O) groups excluding carboxylic acids is 2. The molecule has 0 unspecified atom stereocenters. The van der Waals surface area contributed by atoms with E-state index in [0.717, 1.165) is 37.8 Å². The van der Waals surface area contributed by atoms with Crippen molar-refractivity contribution in [2.45, 2.75) is 44.8 Å². The highest BCUT2D eigenvalue weighted by atomic mass is 19.4. The standard InChI is InChI=1S/C17H20F3NO3/c1-11-6-2-5-9-14(11)21-15(22)10-24-16(23)12-7-3-4-8-13(12)17(18,19)20/h3-4,7-8,11,14H,2,5-6,9-10H2,1H3,(H,21,22)/t11-,14-/m0/s1. The van der Waals surface area contributed by atoms with E-state index in [-0.39, 0.29) is 6.04 Å². The van der Waals surface area contributed by atoms with Crippen LogP contribution in [0.15, 0.2) is 24.3 Å². The van der Waals surface area contributed by atoms with E-state index < -0.39 is 35.8 Å². The maximum absolute atomic E-state index is 12.9. The number of alkyl halides is 3. The predicted molar refractivity (Wildman–Crippen MR) is 81.3 cm³/mol. The van der Waals surface area contributed by atoms with Gasteiger partial charge in [0.1, 0.15) is 0 Å². The van der Waals surface area contributed by atoms with Crippen LogP contribution in [-0.2, 0) is 15.7 Å².